The van der Waals surface area contributed by atoms with E-state index < -0.39 is 0 Å². The molecule has 1 aromatic rings. The minimum Gasteiger partial charge on any atom is -0.355 e. The number of hydrogen-bond acceptors (Lipinski definition) is 3. The fourth-order valence-electron chi connectivity index (χ4n) is 2.44. The number of aromatic nitrogens is 2. The van der Waals surface area contributed by atoms with Gasteiger partial charge in [0.15, 0.2) is 0 Å². The van der Waals surface area contributed by atoms with Crippen molar-refractivity contribution >= 4 is 5.95 Å². The fourth-order valence-corrected chi connectivity index (χ4v) is 2.44. The van der Waals surface area contributed by atoms with Crippen molar-refractivity contribution < 1.29 is 0 Å². The molecule has 4 heteroatoms. The van der Waals surface area contributed by atoms with Gasteiger partial charge in [-0.2, -0.15) is 0 Å². The minimum absolute atomic E-state index is 0.651. The highest BCUT2D eigenvalue weighted by molar-refractivity contribution is 5.25. The minimum atomic E-state index is 0.651. The third kappa shape index (κ3) is 3.73. The lowest BCUT2D eigenvalue weighted by Gasteiger charge is -2.29. The van der Waals surface area contributed by atoms with Crippen LogP contribution >= 0.6 is 0 Å². The summed E-state index contributed by atoms with van der Waals surface area (Å²) in [6.07, 6.45) is 6.61. The molecule has 2 rings (SSSR count). The van der Waals surface area contributed by atoms with Crippen molar-refractivity contribution in [2.45, 2.75) is 33.2 Å². The number of piperidine rings is 1. The van der Waals surface area contributed by atoms with Gasteiger partial charge in [-0.25, -0.2) is 4.98 Å². The lowest BCUT2D eigenvalue weighted by atomic mass is 9.97. The number of likely N-dealkylation sites (tertiary alicyclic amines) is 1. The Morgan fingerprint density at radius 2 is 2.11 bits per heavy atom. The van der Waals surface area contributed by atoms with E-state index in [0.29, 0.717) is 5.92 Å². The van der Waals surface area contributed by atoms with Crippen LogP contribution in [0.25, 0.3) is 0 Å². The average Bonchev–Trinajstić information content (AvgIpc) is 2.77. The maximum absolute atomic E-state index is 4.41. The van der Waals surface area contributed by atoms with Crippen LogP contribution in [0.3, 0.4) is 0 Å². The van der Waals surface area contributed by atoms with E-state index in [1.807, 2.05) is 6.20 Å². The third-order valence-electron chi connectivity index (χ3n) is 3.68. The van der Waals surface area contributed by atoms with E-state index in [1.54, 1.807) is 0 Å². The van der Waals surface area contributed by atoms with Gasteiger partial charge in [-0.3, -0.25) is 0 Å². The molecule has 1 saturated heterocycles. The first-order chi connectivity index (χ1) is 8.65. The summed E-state index contributed by atoms with van der Waals surface area (Å²) in [7, 11) is 2.21. The molecule has 4 nitrogen and oxygen atoms in total. The van der Waals surface area contributed by atoms with Crippen LogP contribution in [0.1, 0.15) is 26.7 Å². The maximum Gasteiger partial charge on any atom is 0.202 e. The molecule has 0 aromatic carbocycles. The molecule has 0 unspecified atom stereocenters. The van der Waals surface area contributed by atoms with Crippen molar-refractivity contribution in [3.05, 3.63) is 12.4 Å². The van der Waals surface area contributed by atoms with Gasteiger partial charge < -0.3 is 14.8 Å². The summed E-state index contributed by atoms with van der Waals surface area (Å²) in [6, 6.07) is 0. The Hall–Kier alpha value is -1.03. The van der Waals surface area contributed by atoms with Gasteiger partial charge >= 0.3 is 0 Å². The number of hydrogen-bond donors (Lipinski definition) is 1. The van der Waals surface area contributed by atoms with Crippen LogP contribution in [-0.4, -0.2) is 41.1 Å². The van der Waals surface area contributed by atoms with Crippen LogP contribution in [-0.2, 0) is 6.54 Å². The predicted molar refractivity (Wildman–Crippen MR) is 75.8 cm³/mol. The standard InChI is InChI=1S/C14H26N4/c1-12(2)10-16-14-15-6-9-18(14)11-13-4-7-17(3)8-5-13/h6,9,12-13H,4-5,7-8,10-11H2,1-3H3,(H,15,16). The van der Waals surface area contributed by atoms with Crippen LogP contribution in [0.2, 0.25) is 0 Å². The molecule has 102 valence electrons. The zero-order chi connectivity index (χ0) is 13.0. The highest BCUT2D eigenvalue weighted by Gasteiger charge is 2.17. The Morgan fingerprint density at radius 1 is 1.39 bits per heavy atom. The maximum atomic E-state index is 4.41. The van der Waals surface area contributed by atoms with Crippen molar-refractivity contribution in [3.8, 4) is 0 Å². The lowest BCUT2D eigenvalue weighted by Crippen LogP contribution is -2.32. The molecule has 1 N–H and O–H groups in total. The Bertz CT molecular complexity index is 350. The monoisotopic (exact) mass is 250 g/mol. The van der Waals surface area contributed by atoms with Gasteiger partial charge in [0.25, 0.3) is 0 Å². The quantitative estimate of drug-likeness (QED) is 0.870. The second-order valence-corrected chi connectivity index (χ2v) is 5.92. The fraction of sp³-hybridized carbons (Fsp3) is 0.786. The Labute approximate surface area is 110 Å². The highest BCUT2D eigenvalue weighted by atomic mass is 15.2. The van der Waals surface area contributed by atoms with Crippen molar-refractivity contribution in [3.63, 3.8) is 0 Å². The smallest absolute Gasteiger partial charge is 0.202 e. The van der Waals surface area contributed by atoms with E-state index in [0.717, 1.165) is 25.0 Å². The number of rotatable bonds is 5. The van der Waals surface area contributed by atoms with Gasteiger partial charge in [0.05, 0.1) is 0 Å². The molecule has 0 radical (unpaired) electrons. The number of anilines is 1. The molecule has 0 bridgehead atoms. The van der Waals surface area contributed by atoms with E-state index in [4.69, 9.17) is 0 Å². The summed E-state index contributed by atoms with van der Waals surface area (Å²) in [6.45, 7) is 9.00. The first-order valence-electron chi connectivity index (χ1n) is 7.08. The van der Waals surface area contributed by atoms with Gasteiger partial charge in [0, 0.05) is 25.5 Å². The predicted octanol–water partition coefficient (Wildman–Crippen LogP) is 2.29. The molecule has 1 aliphatic rings. The lowest BCUT2D eigenvalue weighted by molar-refractivity contribution is 0.205. The molecule has 1 aliphatic heterocycles. The van der Waals surface area contributed by atoms with Gasteiger partial charge in [-0.1, -0.05) is 13.8 Å². The summed E-state index contributed by atoms with van der Waals surface area (Å²) in [4.78, 5) is 6.83. The Kier molecular flexibility index (Phi) is 4.64. The molecular formula is C14H26N4. The van der Waals surface area contributed by atoms with E-state index >= 15 is 0 Å². The van der Waals surface area contributed by atoms with E-state index in [-0.39, 0.29) is 0 Å². The van der Waals surface area contributed by atoms with Crippen molar-refractivity contribution in [2.24, 2.45) is 11.8 Å². The normalized spacial score (nSPS) is 18.4. The SMILES string of the molecule is CC(C)CNc1nccn1CC1CCN(C)CC1. The number of nitrogens with zero attached hydrogens (tertiary/aromatic N) is 3. The van der Waals surface area contributed by atoms with Crippen LogP contribution in [0.15, 0.2) is 12.4 Å². The summed E-state index contributed by atoms with van der Waals surface area (Å²) in [5.74, 6) is 2.48. The highest BCUT2D eigenvalue weighted by Crippen LogP contribution is 2.19. The second kappa shape index (κ2) is 6.23. The van der Waals surface area contributed by atoms with Gasteiger partial charge in [-0.15, -0.1) is 0 Å². The van der Waals surface area contributed by atoms with Crippen LogP contribution in [0.4, 0.5) is 5.95 Å². The summed E-state index contributed by atoms with van der Waals surface area (Å²) in [5.41, 5.74) is 0. The molecular weight excluding hydrogens is 224 g/mol. The Morgan fingerprint density at radius 3 is 2.78 bits per heavy atom. The molecule has 0 atom stereocenters. The average molecular weight is 250 g/mol. The topological polar surface area (TPSA) is 33.1 Å². The molecule has 0 spiro atoms. The summed E-state index contributed by atoms with van der Waals surface area (Å²) < 4.78 is 2.28. The number of nitrogens with one attached hydrogen (secondary N) is 1. The molecule has 18 heavy (non-hydrogen) atoms. The van der Waals surface area contributed by atoms with Crippen molar-refractivity contribution in [2.75, 3.05) is 32.0 Å². The van der Waals surface area contributed by atoms with Gasteiger partial charge in [0.1, 0.15) is 0 Å². The second-order valence-electron chi connectivity index (χ2n) is 5.92. The van der Waals surface area contributed by atoms with E-state index in [2.05, 4.69) is 46.9 Å². The van der Waals surface area contributed by atoms with Crippen molar-refractivity contribution in [1.82, 2.24) is 14.5 Å². The van der Waals surface area contributed by atoms with Crippen LogP contribution in [0, 0.1) is 11.8 Å². The van der Waals surface area contributed by atoms with Crippen molar-refractivity contribution in [1.29, 1.82) is 0 Å². The first kappa shape index (κ1) is 13.4. The van der Waals surface area contributed by atoms with E-state index in [9.17, 15) is 0 Å². The first-order valence-corrected chi connectivity index (χ1v) is 7.08. The van der Waals surface area contributed by atoms with E-state index in [1.165, 1.54) is 25.9 Å². The van der Waals surface area contributed by atoms with Gasteiger partial charge in [0.2, 0.25) is 5.95 Å². The van der Waals surface area contributed by atoms with Crippen LogP contribution in [0.5, 0.6) is 0 Å². The molecule has 0 aliphatic carbocycles. The third-order valence-corrected chi connectivity index (χ3v) is 3.68. The summed E-state index contributed by atoms with van der Waals surface area (Å²) >= 11 is 0. The molecule has 1 fully saturated rings. The number of imidazole rings is 1. The molecule has 2 heterocycles. The van der Waals surface area contributed by atoms with Gasteiger partial charge in [-0.05, 0) is 44.8 Å². The molecule has 0 amide bonds. The summed E-state index contributed by atoms with van der Waals surface area (Å²) in [5, 5.41) is 3.43. The molecule has 1 aromatic heterocycles. The largest absolute Gasteiger partial charge is 0.355 e. The van der Waals surface area contributed by atoms with Crippen LogP contribution < -0.4 is 5.32 Å². The molecule has 0 saturated carbocycles. The zero-order valence-electron chi connectivity index (χ0n) is 11.9. The zero-order valence-corrected chi connectivity index (χ0v) is 11.9. The Balaban J connectivity index is 1.87.